The third-order valence-corrected chi connectivity index (χ3v) is 4.34. The average molecular weight is 412 g/mol. The number of nitrogens with one attached hydrogen (secondary N) is 2. The number of nitro groups is 1. The van der Waals surface area contributed by atoms with Crippen molar-refractivity contribution in [3.63, 3.8) is 0 Å². The zero-order valence-corrected chi connectivity index (χ0v) is 15.9. The summed E-state index contributed by atoms with van der Waals surface area (Å²) >= 11 is 0. The summed E-state index contributed by atoms with van der Waals surface area (Å²) in [7, 11) is 0. The fraction of sp³-hybridized carbons (Fsp3) is 0.143. The van der Waals surface area contributed by atoms with E-state index < -0.39 is 22.5 Å². The van der Waals surface area contributed by atoms with E-state index in [9.17, 15) is 23.7 Å². The van der Waals surface area contributed by atoms with Crippen LogP contribution in [0.5, 0.6) is 0 Å². The summed E-state index contributed by atoms with van der Waals surface area (Å²) in [4.78, 5) is 27.5. The van der Waals surface area contributed by atoms with E-state index in [1.54, 1.807) is 18.3 Å². The monoisotopic (exact) mass is 412 g/mol. The van der Waals surface area contributed by atoms with Crippen LogP contribution in [0.2, 0.25) is 0 Å². The Balaban J connectivity index is 1.75. The molecule has 3 aromatic rings. The number of halogens is 2. The van der Waals surface area contributed by atoms with Crippen LogP contribution in [0.1, 0.15) is 34.6 Å². The lowest BCUT2D eigenvalue weighted by Gasteiger charge is -2.15. The highest BCUT2D eigenvalue weighted by molar-refractivity contribution is 5.95. The van der Waals surface area contributed by atoms with Crippen molar-refractivity contribution in [3.05, 3.63) is 99.4 Å². The summed E-state index contributed by atoms with van der Waals surface area (Å²) in [5, 5.41) is 17.0. The molecule has 3 rings (SSSR count). The molecule has 0 fully saturated rings. The van der Waals surface area contributed by atoms with E-state index in [0.29, 0.717) is 5.69 Å². The number of anilines is 1. The molecule has 2 N–H and O–H groups in total. The van der Waals surface area contributed by atoms with Gasteiger partial charge in [-0.3, -0.25) is 19.9 Å². The Bertz CT molecular complexity index is 1060. The first-order valence-electron chi connectivity index (χ1n) is 9.02. The Hall–Kier alpha value is -3.88. The van der Waals surface area contributed by atoms with Crippen LogP contribution in [-0.2, 0) is 6.54 Å². The lowest BCUT2D eigenvalue weighted by molar-refractivity contribution is -0.384. The van der Waals surface area contributed by atoms with Crippen LogP contribution in [0.25, 0.3) is 0 Å². The van der Waals surface area contributed by atoms with E-state index in [1.807, 2.05) is 13.0 Å². The minimum absolute atomic E-state index is 0.0506. The van der Waals surface area contributed by atoms with E-state index in [1.165, 1.54) is 12.1 Å². The van der Waals surface area contributed by atoms with Gasteiger partial charge in [0.2, 0.25) is 0 Å². The molecule has 1 amide bonds. The van der Waals surface area contributed by atoms with Crippen molar-refractivity contribution in [1.82, 2.24) is 10.3 Å². The molecule has 1 unspecified atom stereocenters. The molecule has 0 aliphatic carbocycles. The second kappa shape index (κ2) is 9.08. The molecule has 0 radical (unpaired) electrons. The quantitative estimate of drug-likeness (QED) is 0.444. The fourth-order valence-electron chi connectivity index (χ4n) is 2.88. The van der Waals surface area contributed by atoms with Crippen molar-refractivity contribution < 1.29 is 18.5 Å². The van der Waals surface area contributed by atoms with Crippen molar-refractivity contribution in [1.29, 1.82) is 0 Å². The standard InChI is InChI=1S/C21H18F2N4O3/c1-13(18-4-2-3-7-24-18)26-19-6-5-15(10-20(19)27(29)30)21(28)25-12-14-8-16(22)11-17(23)9-14/h2-11,13,26H,12H2,1H3,(H,25,28). The molecule has 0 aliphatic rings. The van der Waals surface area contributed by atoms with Crippen LogP contribution in [0, 0.1) is 21.7 Å². The number of pyridine rings is 1. The first-order valence-corrected chi connectivity index (χ1v) is 9.02. The summed E-state index contributed by atoms with van der Waals surface area (Å²) in [6.07, 6.45) is 1.62. The maximum absolute atomic E-state index is 13.2. The van der Waals surface area contributed by atoms with Crippen molar-refractivity contribution in [2.24, 2.45) is 0 Å². The minimum atomic E-state index is -0.757. The van der Waals surface area contributed by atoms with E-state index in [2.05, 4.69) is 15.6 Å². The van der Waals surface area contributed by atoms with Crippen LogP contribution in [0.3, 0.4) is 0 Å². The van der Waals surface area contributed by atoms with Gasteiger partial charge in [0.05, 0.1) is 16.7 Å². The fourth-order valence-corrected chi connectivity index (χ4v) is 2.88. The van der Waals surface area contributed by atoms with Crippen molar-refractivity contribution in [2.45, 2.75) is 19.5 Å². The van der Waals surface area contributed by atoms with E-state index >= 15 is 0 Å². The molecule has 154 valence electrons. The number of carbonyl (C=O) groups is 1. The molecule has 1 heterocycles. The van der Waals surface area contributed by atoms with Crippen LogP contribution < -0.4 is 10.6 Å². The number of amides is 1. The zero-order chi connectivity index (χ0) is 21.7. The molecule has 1 aromatic heterocycles. The number of nitro benzene ring substituents is 1. The number of aromatic nitrogens is 1. The van der Waals surface area contributed by atoms with Gasteiger partial charge in [-0.05, 0) is 48.9 Å². The predicted octanol–water partition coefficient (Wildman–Crippen LogP) is 4.37. The lowest BCUT2D eigenvalue weighted by Crippen LogP contribution is -2.23. The molecule has 2 aromatic carbocycles. The van der Waals surface area contributed by atoms with Gasteiger partial charge < -0.3 is 10.6 Å². The van der Waals surface area contributed by atoms with Crippen LogP contribution in [-0.4, -0.2) is 15.8 Å². The smallest absolute Gasteiger partial charge is 0.293 e. The van der Waals surface area contributed by atoms with Gasteiger partial charge in [0.15, 0.2) is 0 Å². The highest BCUT2D eigenvalue weighted by atomic mass is 19.1. The molecule has 0 aliphatic heterocycles. The zero-order valence-electron chi connectivity index (χ0n) is 15.9. The van der Waals surface area contributed by atoms with Crippen LogP contribution in [0.15, 0.2) is 60.8 Å². The molecule has 9 heteroatoms. The van der Waals surface area contributed by atoms with E-state index in [-0.39, 0.29) is 35.1 Å². The number of rotatable bonds is 7. The third kappa shape index (κ3) is 5.13. The third-order valence-electron chi connectivity index (χ3n) is 4.34. The summed E-state index contributed by atoms with van der Waals surface area (Å²) in [6.45, 7) is 1.68. The number of hydrogen-bond donors (Lipinski definition) is 2. The van der Waals surface area contributed by atoms with Gasteiger partial charge in [0, 0.05) is 30.4 Å². The second-order valence-electron chi connectivity index (χ2n) is 6.57. The Morgan fingerprint density at radius 1 is 1.13 bits per heavy atom. The van der Waals surface area contributed by atoms with Crippen LogP contribution in [0.4, 0.5) is 20.2 Å². The van der Waals surface area contributed by atoms with Crippen molar-refractivity contribution in [3.8, 4) is 0 Å². The molecular formula is C21H18F2N4O3. The molecule has 30 heavy (non-hydrogen) atoms. The van der Waals surface area contributed by atoms with Gasteiger partial charge in [-0.15, -0.1) is 0 Å². The topological polar surface area (TPSA) is 97.2 Å². The largest absolute Gasteiger partial charge is 0.371 e. The maximum Gasteiger partial charge on any atom is 0.293 e. The normalized spacial score (nSPS) is 11.6. The van der Waals surface area contributed by atoms with Crippen LogP contribution >= 0.6 is 0 Å². The predicted molar refractivity (Wildman–Crippen MR) is 107 cm³/mol. The Labute approximate surface area is 170 Å². The highest BCUT2D eigenvalue weighted by Gasteiger charge is 2.19. The molecule has 0 spiro atoms. The average Bonchev–Trinajstić information content (AvgIpc) is 2.72. The first kappa shape index (κ1) is 20.8. The Morgan fingerprint density at radius 2 is 1.87 bits per heavy atom. The van der Waals surface area contributed by atoms with Gasteiger partial charge in [0.25, 0.3) is 11.6 Å². The van der Waals surface area contributed by atoms with Crippen molar-refractivity contribution in [2.75, 3.05) is 5.32 Å². The number of benzene rings is 2. The van der Waals surface area contributed by atoms with Gasteiger partial charge >= 0.3 is 0 Å². The first-order chi connectivity index (χ1) is 14.3. The van der Waals surface area contributed by atoms with Gasteiger partial charge in [-0.1, -0.05) is 6.07 Å². The Morgan fingerprint density at radius 3 is 2.50 bits per heavy atom. The van der Waals surface area contributed by atoms with E-state index in [4.69, 9.17) is 0 Å². The number of hydrogen-bond acceptors (Lipinski definition) is 5. The Kier molecular flexibility index (Phi) is 6.31. The molecule has 0 saturated carbocycles. The summed E-state index contributed by atoms with van der Waals surface area (Å²) < 4.78 is 26.5. The van der Waals surface area contributed by atoms with Gasteiger partial charge in [-0.25, -0.2) is 8.78 Å². The second-order valence-corrected chi connectivity index (χ2v) is 6.57. The maximum atomic E-state index is 13.2. The molecule has 0 bridgehead atoms. The van der Waals surface area contributed by atoms with E-state index in [0.717, 1.165) is 24.3 Å². The lowest BCUT2D eigenvalue weighted by atomic mass is 10.1. The minimum Gasteiger partial charge on any atom is -0.371 e. The molecule has 1 atom stereocenters. The summed E-state index contributed by atoms with van der Waals surface area (Å²) in [6, 6.07) is 12.0. The molecular weight excluding hydrogens is 394 g/mol. The molecule has 7 nitrogen and oxygen atoms in total. The number of carbonyl (C=O) groups excluding carboxylic acids is 1. The summed E-state index contributed by atoms with van der Waals surface area (Å²) in [5.74, 6) is -2.12. The van der Waals surface area contributed by atoms with Gasteiger partial charge in [-0.2, -0.15) is 0 Å². The summed E-state index contributed by atoms with van der Waals surface area (Å²) in [5.41, 5.74) is 0.951. The van der Waals surface area contributed by atoms with Gasteiger partial charge in [0.1, 0.15) is 17.3 Å². The number of nitrogens with zero attached hydrogens (tertiary/aromatic N) is 2. The molecule has 0 saturated heterocycles. The highest BCUT2D eigenvalue weighted by Crippen LogP contribution is 2.29. The SMILES string of the molecule is CC(Nc1ccc(C(=O)NCc2cc(F)cc(F)c2)cc1[N+](=O)[O-])c1ccccn1. The van der Waals surface area contributed by atoms with Crippen molar-refractivity contribution >= 4 is 17.3 Å².